The molecule has 2 aromatic rings. The van der Waals surface area contributed by atoms with Gasteiger partial charge in [-0.3, -0.25) is 0 Å². The van der Waals surface area contributed by atoms with Crippen molar-refractivity contribution in [2.24, 2.45) is 0 Å². The number of aromatic carboxylic acids is 1. The zero-order valence-electron chi connectivity index (χ0n) is 9.91. The van der Waals surface area contributed by atoms with Crippen molar-refractivity contribution in [2.75, 3.05) is 6.61 Å². The van der Waals surface area contributed by atoms with Gasteiger partial charge in [-0.15, -0.1) is 0 Å². The molecule has 0 saturated carbocycles. The summed E-state index contributed by atoms with van der Waals surface area (Å²) in [5.41, 5.74) is 2.12. The number of hydrogen-bond donors (Lipinski definition) is 2. The number of aryl methyl sites for hydroxylation is 1. The Morgan fingerprint density at radius 3 is 2.71 bits per heavy atom. The van der Waals surface area contributed by atoms with Crippen molar-refractivity contribution in [1.29, 1.82) is 0 Å². The zero-order chi connectivity index (χ0) is 12.4. The second-order valence-electron chi connectivity index (χ2n) is 3.83. The predicted molar refractivity (Wildman–Crippen MR) is 65.8 cm³/mol. The Morgan fingerprint density at radius 1 is 1.35 bits per heavy atom. The summed E-state index contributed by atoms with van der Waals surface area (Å²) in [6.45, 7) is 4.53. The summed E-state index contributed by atoms with van der Waals surface area (Å²) >= 11 is 0. The number of benzene rings is 1. The van der Waals surface area contributed by atoms with Crippen LogP contribution in [0.2, 0.25) is 0 Å². The van der Waals surface area contributed by atoms with Crippen LogP contribution in [0, 0.1) is 0 Å². The molecule has 2 N–H and O–H groups in total. The van der Waals surface area contributed by atoms with E-state index in [2.05, 4.69) is 11.9 Å². The molecule has 2 rings (SSSR count). The lowest BCUT2D eigenvalue weighted by Crippen LogP contribution is -1.94. The summed E-state index contributed by atoms with van der Waals surface area (Å²) < 4.78 is 5.54. The molecule has 0 bridgehead atoms. The molecule has 1 heterocycles. The molecule has 0 unspecified atom stereocenters. The maximum atomic E-state index is 10.9. The Bertz CT molecular complexity index is 557. The number of carboxylic acids is 1. The quantitative estimate of drug-likeness (QED) is 0.853. The van der Waals surface area contributed by atoms with Gasteiger partial charge in [0.15, 0.2) is 0 Å². The third-order valence-corrected chi connectivity index (χ3v) is 2.70. The van der Waals surface area contributed by atoms with E-state index in [-0.39, 0.29) is 5.69 Å². The molecule has 0 atom stereocenters. The number of hydrogen-bond acceptors (Lipinski definition) is 2. The molecule has 0 fully saturated rings. The van der Waals surface area contributed by atoms with E-state index in [0.29, 0.717) is 6.61 Å². The van der Waals surface area contributed by atoms with Crippen LogP contribution in [0.3, 0.4) is 0 Å². The minimum absolute atomic E-state index is 0.189. The molecular formula is C13H15NO3. The van der Waals surface area contributed by atoms with Gasteiger partial charge in [-0.05, 0) is 37.1 Å². The standard InChI is InChI=1S/C13H15NO3/c1-3-8-5-10-9(12(6-8)17-4-2)7-11(14-10)13(15)16/h5-7,14H,3-4H2,1-2H3,(H,15,16). The van der Waals surface area contributed by atoms with E-state index in [1.165, 1.54) is 0 Å². The highest BCUT2D eigenvalue weighted by atomic mass is 16.5. The molecule has 0 aliphatic carbocycles. The van der Waals surface area contributed by atoms with Gasteiger partial charge in [-0.2, -0.15) is 0 Å². The van der Waals surface area contributed by atoms with E-state index in [4.69, 9.17) is 9.84 Å². The van der Waals surface area contributed by atoms with E-state index >= 15 is 0 Å². The molecule has 0 amide bonds. The first kappa shape index (κ1) is 11.5. The molecule has 0 radical (unpaired) electrons. The monoisotopic (exact) mass is 233 g/mol. The molecule has 17 heavy (non-hydrogen) atoms. The normalized spacial score (nSPS) is 10.7. The first-order valence-electron chi connectivity index (χ1n) is 5.67. The summed E-state index contributed by atoms with van der Waals surface area (Å²) in [6.07, 6.45) is 0.886. The first-order valence-corrected chi connectivity index (χ1v) is 5.67. The number of H-pyrrole nitrogens is 1. The highest BCUT2D eigenvalue weighted by Gasteiger charge is 2.12. The molecule has 4 heteroatoms. The van der Waals surface area contributed by atoms with Gasteiger partial charge in [0.1, 0.15) is 11.4 Å². The third-order valence-electron chi connectivity index (χ3n) is 2.70. The lowest BCUT2D eigenvalue weighted by molar-refractivity contribution is 0.0691. The number of carboxylic acid groups (broad SMARTS) is 1. The van der Waals surface area contributed by atoms with Crippen molar-refractivity contribution in [3.05, 3.63) is 29.5 Å². The fourth-order valence-corrected chi connectivity index (χ4v) is 1.86. The van der Waals surface area contributed by atoms with Gasteiger partial charge in [-0.25, -0.2) is 4.79 Å². The summed E-state index contributed by atoms with van der Waals surface area (Å²) in [5.74, 6) is -0.215. The highest BCUT2D eigenvalue weighted by molar-refractivity contribution is 5.96. The van der Waals surface area contributed by atoms with Gasteiger partial charge in [-0.1, -0.05) is 6.92 Å². The van der Waals surface area contributed by atoms with Gasteiger partial charge in [0.25, 0.3) is 0 Å². The fraction of sp³-hybridized carbons (Fsp3) is 0.308. The number of fused-ring (bicyclic) bond motifs is 1. The number of rotatable bonds is 4. The average molecular weight is 233 g/mol. The molecule has 0 aliphatic heterocycles. The molecule has 0 saturated heterocycles. The summed E-state index contributed by atoms with van der Waals surface area (Å²) in [4.78, 5) is 13.8. The maximum Gasteiger partial charge on any atom is 0.352 e. The van der Waals surface area contributed by atoms with Crippen LogP contribution in [0.5, 0.6) is 5.75 Å². The van der Waals surface area contributed by atoms with Crippen LogP contribution < -0.4 is 4.74 Å². The SMILES string of the molecule is CCOc1cc(CC)cc2[nH]c(C(=O)O)cc12. The van der Waals surface area contributed by atoms with Crippen LogP contribution in [0.25, 0.3) is 10.9 Å². The van der Waals surface area contributed by atoms with Gasteiger partial charge < -0.3 is 14.8 Å². The number of carbonyl (C=O) groups is 1. The van der Waals surface area contributed by atoms with E-state index in [1.54, 1.807) is 6.07 Å². The van der Waals surface area contributed by atoms with E-state index in [1.807, 2.05) is 19.1 Å². The number of ether oxygens (including phenoxy) is 1. The second-order valence-corrected chi connectivity index (χ2v) is 3.83. The fourth-order valence-electron chi connectivity index (χ4n) is 1.86. The van der Waals surface area contributed by atoms with Gasteiger partial charge in [0.05, 0.1) is 12.1 Å². The zero-order valence-corrected chi connectivity index (χ0v) is 9.91. The largest absolute Gasteiger partial charge is 0.493 e. The molecule has 1 aromatic heterocycles. The second kappa shape index (κ2) is 4.49. The Balaban J connectivity index is 2.63. The number of aromatic nitrogens is 1. The Hall–Kier alpha value is -1.97. The average Bonchev–Trinajstić information content (AvgIpc) is 2.73. The van der Waals surface area contributed by atoms with Crippen LogP contribution in [-0.4, -0.2) is 22.7 Å². The van der Waals surface area contributed by atoms with Crippen LogP contribution >= 0.6 is 0 Å². The summed E-state index contributed by atoms with van der Waals surface area (Å²) in [6, 6.07) is 5.54. The minimum atomic E-state index is -0.957. The molecule has 90 valence electrons. The van der Waals surface area contributed by atoms with E-state index in [9.17, 15) is 4.79 Å². The van der Waals surface area contributed by atoms with Crippen molar-refractivity contribution >= 4 is 16.9 Å². The molecule has 4 nitrogen and oxygen atoms in total. The van der Waals surface area contributed by atoms with Crippen molar-refractivity contribution < 1.29 is 14.6 Å². The Morgan fingerprint density at radius 2 is 2.12 bits per heavy atom. The summed E-state index contributed by atoms with van der Waals surface area (Å²) in [7, 11) is 0. The molecule has 1 aromatic carbocycles. The van der Waals surface area contributed by atoms with Crippen molar-refractivity contribution in [2.45, 2.75) is 20.3 Å². The van der Waals surface area contributed by atoms with Crippen LogP contribution in [0.4, 0.5) is 0 Å². The van der Waals surface area contributed by atoms with Crippen LogP contribution in [0.1, 0.15) is 29.9 Å². The van der Waals surface area contributed by atoms with Crippen LogP contribution in [0.15, 0.2) is 18.2 Å². The lowest BCUT2D eigenvalue weighted by atomic mass is 10.1. The number of aromatic amines is 1. The molecule has 0 spiro atoms. The first-order chi connectivity index (χ1) is 8.15. The van der Waals surface area contributed by atoms with E-state index < -0.39 is 5.97 Å². The molecule has 0 aliphatic rings. The predicted octanol–water partition coefficient (Wildman–Crippen LogP) is 2.83. The van der Waals surface area contributed by atoms with Crippen molar-refractivity contribution in [3.8, 4) is 5.75 Å². The smallest absolute Gasteiger partial charge is 0.352 e. The summed E-state index contributed by atoms with van der Waals surface area (Å²) in [5, 5.41) is 9.78. The lowest BCUT2D eigenvalue weighted by Gasteiger charge is -2.06. The van der Waals surface area contributed by atoms with Gasteiger partial charge in [0.2, 0.25) is 0 Å². The number of nitrogens with one attached hydrogen (secondary N) is 1. The molecular weight excluding hydrogens is 218 g/mol. The Kier molecular flexibility index (Phi) is 3.04. The van der Waals surface area contributed by atoms with Crippen molar-refractivity contribution in [3.63, 3.8) is 0 Å². The van der Waals surface area contributed by atoms with Crippen LogP contribution in [-0.2, 0) is 6.42 Å². The van der Waals surface area contributed by atoms with Gasteiger partial charge in [0, 0.05) is 5.39 Å². The highest BCUT2D eigenvalue weighted by Crippen LogP contribution is 2.28. The van der Waals surface area contributed by atoms with Crippen molar-refractivity contribution in [1.82, 2.24) is 4.98 Å². The topological polar surface area (TPSA) is 62.3 Å². The van der Waals surface area contributed by atoms with E-state index in [0.717, 1.165) is 28.6 Å². The minimum Gasteiger partial charge on any atom is -0.493 e. The van der Waals surface area contributed by atoms with Gasteiger partial charge >= 0.3 is 5.97 Å². The maximum absolute atomic E-state index is 10.9. The third kappa shape index (κ3) is 2.11. The Labute approximate surface area is 99.2 Å².